The van der Waals surface area contributed by atoms with Gasteiger partial charge in [-0.2, -0.15) is 0 Å². The van der Waals surface area contributed by atoms with Crippen LogP contribution in [0.2, 0.25) is 0 Å². The van der Waals surface area contributed by atoms with E-state index in [2.05, 4.69) is 28.5 Å². The lowest BCUT2D eigenvalue weighted by atomic mass is 9.49. The molecule has 0 bridgehead atoms. The first-order valence-electron chi connectivity index (χ1n) is 13.3. The highest BCUT2D eigenvalue weighted by molar-refractivity contribution is 6.97. The van der Waals surface area contributed by atoms with E-state index in [4.69, 9.17) is 15.6 Å². The van der Waals surface area contributed by atoms with Crippen molar-refractivity contribution in [2.75, 3.05) is 26.2 Å². The van der Waals surface area contributed by atoms with Crippen molar-refractivity contribution in [1.29, 1.82) is 0 Å². The molecule has 185 valence electrons. The maximum absolute atomic E-state index is 12.3. The van der Waals surface area contributed by atoms with E-state index >= 15 is 0 Å². The molecule has 7 heteroatoms. The third-order valence-electron chi connectivity index (χ3n) is 6.10. The molecule has 3 atom stereocenters. The molecule has 1 aliphatic rings. The van der Waals surface area contributed by atoms with E-state index in [0.717, 1.165) is 50.0 Å². The number of amides is 1. The summed E-state index contributed by atoms with van der Waals surface area (Å²) < 4.78 is 0. The lowest BCUT2D eigenvalue weighted by Gasteiger charge is -2.28. The summed E-state index contributed by atoms with van der Waals surface area (Å²) in [6, 6.07) is 18.3. The van der Waals surface area contributed by atoms with E-state index in [1.807, 2.05) is 76.2 Å². The van der Waals surface area contributed by atoms with Gasteiger partial charge < -0.3 is 10.6 Å². The van der Waals surface area contributed by atoms with Crippen molar-refractivity contribution in [2.24, 2.45) is 0 Å². The molecule has 2 aromatic carbocycles. The summed E-state index contributed by atoms with van der Waals surface area (Å²) in [5.41, 5.74) is 3.28. The highest BCUT2D eigenvalue weighted by atomic mass is 16.1. The Hall–Kier alpha value is -1.98. The lowest BCUT2D eigenvalue weighted by Crippen LogP contribution is -2.42. The average Bonchev–Trinajstić information content (AvgIpc) is 3.34. The molecule has 1 fully saturated rings. The van der Waals surface area contributed by atoms with Gasteiger partial charge in [-0.05, 0) is 30.3 Å². The molecular formula is C28H43B3N3O. The van der Waals surface area contributed by atoms with Crippen molar-refractivity contribution in [1.82, 2.24) is 15.5 Å². The fourth-order valence-electron chi connectivity index (χ4n) is 4.41. The van der Waals surface area contributed by atoms with E-state index < -0.39 is 0 Å². The first-order chi connectivity index (χ1) is 17.1. The smallest absolute Gasteiger partial charge is 0.224 e. The molecule has 3 rings (SSSR count). The molecule has 4 nitrogen and oxygen atoms in total. The van der Waals surface area contributed by atoms with E-state index in [-0.39, 0.29) is 23.8 Å². The fourth-order valence-corrected chi connectivity index (χ4v) is 4.41. The van der Waals surface area contributed by atoms with Crippen LogP contribution in [0, 0.1) is 0 Å². The van der Waals surface area contributed by atoms with Crippen molar-refractivity contribution in [3.8, 4) is 0 Å². The number of hydrogen-bond acceptors (Lipinski definition) is 3. The van der Waals surface area contributed by atoms with Crippen LogP contribution in [0.4, 0.5) is 0 Å². The second-order valence-corrected chi connectivity index (χ2v) is 8.31. The molecule has 0 saturated carbocycles. The number of nitrogens with one attached hydrogen (secondary N) is 2. The first-order valence-corrected chi connectivity index (χ1v) is 13.3. The van der Waals surface area contributed by atoms with Crippen LogP contribution in [0.25, 0.3) is 0 Å². The van der Waals surface area contributed by atoms with Gasteiger partial charge in [0.15, 0.2) is 0 Å². The second kappa shape index (κ2) is 18.3. The topological polar surface area (TPSA) is 44.4 Å². The number of carbonyl (C=O) groups excluding carboxylic acids is 1. The van der Waals surface area contributed by atoms with Crippen LogP contribution in [-0.2, 0) is 11.2 Å². The van der Waals surface area contributed by atoms with Crippen LogP contribution in [0.5, 0.6) is 0 Å². The quantitative estimate of drug-likeness (QED) is 0.497. The van der Waals surface area contributed by atoms with Crippen molar-refractivity contribution < 1.29 is 4.79 Å². The summed E-state index contributed by atoms with van der Waals surface area (Å²) in [6.07, 6.45) is 2.37. The van der Waals surface area contributed by atoms with Crippen LogP contribution in [0.15, 0.2) is 54.6 Å². The SMILES string of the molecule is CC.CC.[B][B]c1ccccc1C(CC)C([B])NCCN1CCC(NC(=O)Cc2ccccc2)C1. The lowest BCUT2D eigenvalue weighted by molar-refractivity contribution is -0.121. The van der Waals surface area contributed by atoms with Crippen molar-refractivity contribution in [2.45, 2.75) is 71.8 Å². The normalized spacial score (nSPS) is 16.7. The van der Waals surface area contributed by atoms with Gasteiger partial charge in [0.1, 0.15) is 0 Å². The molecule has 2 N–H and O–H groups in total. The van der Waals surface area contributed by atoms with Crippen LogP contribution in [0.3, 0.4) is 0 Å². The summed E-state index contributed by atoms with van der Waals surface area (Å²) in [5.74, 6) is 0.175. The van der Waals surface area contributed by atoms with Crippen LogP contribution >= 0.6 is 0 Å². The van der Waals surface area contributed by atoms with Gasteiger partial charge in [0, 0.05) is 40.0 Å². The predicted octanol–water partition coefficient (Wildman–Crippen LogP) is 3.16. The minimum absolute atomic E-state index is 0.0966. The first kappa shape index (κ1) is 31.1. The van der Waals surface area contributed by atoms with Gasteiger partial charge in [-0.15, -0.1) is 0 Å². The van der Waals surface area contributed by atoms with Gasteiger partial charge in [0.25, 0.3) is 0 Å². The Labute approximate surface area is 218 Å². The Balaban J connectivity index is 0.00000145. The van der Waals surface area contributed by atoms with Gasteiger partial charge in [0.2, 0.25) is 5.91 Å². The number of rotatable bonds is 11. The molecule has 35 heavy (non-hydrogen) atoms. The number of hydrogen-bond donors (Lipinski definition) is 2. The maximum atomic E-state index is 12.3. The van der Waals surface area contributed by atoms with Gasteiger partial charge in [-0.3, -0.25) is 9.69 Å². The largest absolute Gasteiger partial charge is 0.352 e. The molecule has 5 radical (unpaired) electrons. The Morgan fingerprint density at radius 3 is 2.40 bits per heavy atom. The summed E-state index contributed by atoms with van der Waals surface area (Å²) in [4.78, 5) is 14.7. The minimum Gasteiger partial charge on any atom is -0.352 e. The van der Waals surface area contributed by atoms with Gasteiger partial charge >= 0.3 is 0 Å². The molecule has 0 aromatic heterocycles. The molecule has 0 aliphatic carbocycles. The fraction of sp³-hybridized carbons (Fsp3) is 0.536. The number of benzene rings is 2. The molecule has 1 aliphatic heterocycles. The summed E-state index contributed by atoms with van der Waals surface area (Å²) in [5, 5.41) is 6.67. The zero-order chi connectivity index (χ0) is 26.1. The average molecular weight is 470 g/mol. The Morgan fingerprint density at radius 1 is 1.09 bits per heavy atom. The van der Waals surface area contributed by atoms with E-state index in [0.29, 0.717) is 6.42 Å². The van der Waals surface area contributed by atoms with Gasteiger partial charge in [0.05, 0.1) is 21.4 Å². The highest BCUT2D eigenvalue weighted by Crippen LogP contribution is 2.20. The van der Waals surface area contributed by atoms with Gasteiger partial charge in [-0.1, -0.05) is 100 Å². The van der Waals surface area contributed by atoms with Crippen molar-refractivity contribution >= 4 is 34.1 Å². The number of nitrogens with zero attached hydrogens (tertiary/aromatic N) is 1. The third kappa shape index (κ3) is 10.7. The molecule has 1 heterocycles. The second-order valence-electron chi connectivity index (χ2n) is 8.31. The molecule has 1 saturated heterocycles. The van der Waals surface area contributed by atoms with E-state index in [9.17, 15) is 4.79 Å². The van der Waals surface area contributed by atoms with Gasteiger partial charge in [-0.25, -0.2) is 0 Å². The Bertz CT molecular complexity index is 822. The highest BCUT2D eigenvalue weighted by Gasteiger charge is 2.24. The van der Waals surface area contributed by atoms with Crippen LogP contribution < -0.4 is 16.1 Å². The minimum atomic E-state index is -0.130. The number of likely N-dealkylation sites (tertiary alicyclic amines) is 1. The molecule has 0 spiro atoms. The van der Waals surface area contributed by atoms with E-state index in [1.165, 1.54) is 5.56 Å². The number of carbonyl (C=O) groups is 1. The van der Waals surface area contributed by atoms with Crippen molar-refractivity contribution in [3.05, 3.63) is 65.7 Å². The maximum Gasteiger partial charge on any atom is 0.224 e. The van der Waals surface area contributed by atoms with E-state index in [1.54, 1.807) is 7.17 Å². The monoisotopic (exact) mass is 470 g/mol. The van der Waals surface area contributed by atoms with Crippen molar-refractivity contribution in [3.63, 3.8) is 0 Å². The Morgan fingerprint density at radius 2 is 1.74 bits per heavy atom. The zero-order valence-electron chi connectivity index (χ0n) is 22.5. The third-order valence-corrected chi connectivity index (χ3v) is 6.10. The molecule has 1 amide bonds. The Kier molecular flexibility index (Phi) is 16.3. The summed E-state index contributed by atoms with van der Waals surface area (Å²) in [7, 11) is 13.9. The summed E-state index contributed by atoms with van der Waals surface area (Å²) in [6.45, 7) is 13.8. The van der Waals surface area contributed by atoms with Crippen LogP contribution in [0.1, 0.15) is 64.5 Å². The molecule has 2 aromatic rings. The standard InChI is InChI=1S/C24H31B3N3O.2C2H6/c1-2-20(21-10-6-7-11-22(21)27-26)24(25)28-13-15-30-14-12-19(17-30)29-23(31)16-18-8-4-3-5-9-18;2*1-2/h3-11,19-20,24,28H,2,12-17H2,1H3,(H,29,31);2*1-2H3. The molecule has 3 unspecified atom stereocenters. The van der Waals surface area contributed by atoms with Crippen LogP contribution in [-0.4, -0.2) is 71.7 Å². The molecular weight excluding hydrogens is 427 g/mol. The predicted molar refractivity (Wildman–Crippen MR) is 154 cm³/mol. The summed E-state index contributed by atoms with van der Waals surface area (Å²) >= 11 is 0. The zero-order valence-corrected chi connectivity index (χ0v) is 22.5.